The number of aryl methyl sites for hydroxylation is 1. The zero-order chi connectivity index (χ0) is 18.7. The molecule has 0 unspecified atom stereocenters. The maximum absolute atomic E-state index is 12.9. The lowest BCUT2D eigenvalue weighted by Gasteiger charge is -2.35. The van der Waals surface area contributed by atoms with Gasteiger partial charge in [-0.05, 0) is 55.0 Å². The van der Waals surface area contributed by atoms with E-state index in [1.54, 1.807) is 30.6 Å². The first-order chi connectivity index (χ1) is 12.4. The van der Waals surface area contributed by atoms with Crippen LogP contribution in [-0.4, -0.2) is 34.8 Å². The zero-order valence-corrected chi connectivity index (χ0v) is 15.5. The van der Waals surface area contributed by atoms with Crippen molar-refractivity contribution in [3.8, 4) is 0 Å². The number of aromatic nitrogens is 1. The van der Waals surface area contributed by atoms with Crippen molar-refractivity contribution in [1.29, 1.82) is 0 Å². The van der Waals surface area contributed by atoms with E-state index in [0.717, 1.165) is 25.1 Å². The molecule has 1 fully saturated rings. The molecular formula is C21H25N3O2. The van der Waals surface area contributed by atoms with Gasteiger partial charge in [0, 0.05) is 42.3 Å². The maximum atomic E-state index is 12.9. The number of nitrogens with zero attached hydrogens (tertiary/aromatic N) is 2. The smallest absolute Gasteiger partial charge is 0.255 e. The van der Waals surface area contributed by atoms with E-state index >= 15 is 0 Å². The van der Waals surface area contributed by atoms with Crippen molar-refractivity contribution in [2.24, 2.45) is 11.8 Å². The van der Waals surface area contributed by atoms with E-state index in [1.165, 1.54) is 0 Å². The Balaban J connectivity index is 1.79. The third kappa shape index (κ3) is 4.10. The minimum absolute atomic E-state index is 0.0304. The molecule has 1 aliphatic rings. The molecule has 0 spiro atoms. The van der Waals surface area contributed by atoms with E-state index in [0.29, 0.717) is 28.7 Å². The summed E-state index contributed by atoms with van der Waals surface area (Å²) in [5.41, 5.74) is 2.73. The molecule has 1 aliphatic heterocycles. The Hall–Kier alpha value is -2.69. The topological polar surface area (TPSA) is 62.3 Å². The summed E-state index contributed by atoms with van der Waals surface area (Å²) < 4.78 is 0. The van der Waals surface area contributed by atoms with E-state index in [4.69, 9.17) is 0 Å². The van der Waals surface area contributed by atoms with Crippen LogP contribution in [0.5, 0.6) is 0 Å². The number of nitrogens with one attached hydrogen (secondary N) is 1. The molecule has 2 atom stereocenters. The van der Waals surface area contributed by atoms with Gasteiger partial charge in [-0.25, -0.2) is 0 Å². The van der Waals surface area contributed by atoms with Gasteiger partial charge in [-0.1, -0.05) is 19.9 Å². The van der Waals surface area contributed by atoms with Gasteiger partial charge >= 0.3 is 0 Å². The Morgan fingerprint density at radius 3 is 2.35 bits per heavy atom. The van der Waals surface area contributed by atoms with Crippen LogP contribution in [0.25, 0.3) is 0 Å². The minimum Gasteiger partial charge on any atom is -0.338 e. The second-order valence-corrected chi connectivity index (χ2v) is 7.38. The molecule has 0 aliphatic carbocycles. The average Bonchev–Trinajstić information content (AvgIpc) is 2.63. The van der Waals surface area contributed by atoms with E-state index in [9.17, 15) is 9.59 Å². The Kier molecular flexibility index (Phi) is 5.35. The largest absolute Gasteiger partial charge is 0.338 e. The highest BCUT2D eigenvalue weighted by atomic mass is 16.2. The number of piperidine rings is 1. The first-order valence-corrected chi connectivity index (χ1v) is 9.05. The quantitative estimate of drug-likeness (QED) is 0.916. The molecule has 1 aromatic heterocycles. The summed E-state index contributed by atoms with van der Waals surface area (Å²) in [6.07, 6.45) is 4.33. The first kappa shape index (κ1) is 18.1. The summed E-state index contributed by atoms with van der Waals surface area (Å²) in [7, 11) is 0. The molecule has 2 aromatic rings. The second-order valence-electron chi connectivity index (χ2n) is 7.38. The first-order valence-electron chi connectivity index (χ1n) is 9.05. The fourth-order valence-corrected chi connectivity index (χ4v) is 3.60. The number of carbonyl (C=O) groups is 2. The Morgan fingerprint density at radius 2 is 1.69 bits per heavy atom. The lowest BCUT2D eigenvalue weighted by molar-refractivity contribution is 0.0623. The van der Waals surface area contributed by atoms with Gasteiger partial charge in [-0.2, -0.15) is 0 Å². The number of hydrogen-bond acceptors (Lipinski definition) is 3. The number of carbonyl (C=O) groups excluding carboxylic acids is 2. The van der Waals surface area contributed by atoms with Crippen LogP contribution in [0.3, 0.4) is 0 Å². The molecule has 2 heterocycles. The minimum atomic E-state index is -0.208. The summed E-state index contributed by atoms with van der Waals surface area (Å²) in [4.78, 5) is 31.2. The fourth-order valence-electron chi connectivity index (χ4n) is 3.60. The number of pyridine rings is 1. The van der Waals surface area contributed by atoms with Crippen molar-refractivity contribution < 1.29 is 9.59 Å². The van der Waals surface area contributed by atoms with E-state index in [1.807, 2.05) is 24.0 Å². The normalized spacial score (nSPS) is 19.9. The van der Waals surface area contributed by atoms with Crippen molar-refractivity contribution in [3.63, 3.8) is 0 Å². The van der Waals surface area contributed by atoms with Crippen LogP contribution in [0.15, 0.2) is 42.7 Å². The van der Waals surface area contributed by atoms with Gasteiger partial charge in [0.1, 0.15) is 0 Å². The fraction of sp³-hybridized carbons (Fsp3) is 0.381. The molecule has 0 saturated carbocycles. The van der Waals surface area contributed by atoms with Crippen LogP contribution in [0.1, 0.15) is 46.5 Å². The van der Waals surface area contributed by atoms with Crippen molar-refractivity contribution in [2.75, 3.05) is 18.4 Å². The van der Waals surface area contributed by atoms with Crippen LogP contribution < -0.4 is 5.32 Å². The molecular weight excluding hydrogens is 326 g/mol. The molecule has 3 rings (SSSR count). The third-order valence-electron chi connectivity index (χ3n) is 4.83. The lowest BCUT2D eigenvalue weighted by atomic mass is 9.91. The number of amides is 2. The Bertz CT molecular complexity index is 794. The van der Waals surface area contributed by atoms with Crippen LogP contribution in [-0.2, 0) is 0 Å². The van der Waals surface area contributed by atoms with E-state index in [2.05, 4.69) is 24.1 Å². The van der Waals surface area contributed by atoms with Gasteiger partial charge in [-0.15, -0.1) is 0 Å². The molecule has 5 heteroatoms. The van der Waals surface area contributed by atoms with Gasteiger partial charge in [-0.3, -0.25) is 14.6 Å². The van der Waals surface area contributed by atoms with Crippen molar-refractivity contribution in [3.05, 3.63) is 59.4 Å². The highest BCUT2D eigenvalue weighted by Crippen LogP contribution is 2.24. The van der Waals surface area contributed by atoms with Crippen molar-refractivity contribution in [1.82, 2.24) is 9.88 Å². The van der Waals surface area contributed by atoms with Gasteiger partial charge in [0.05, 0.1) is 0 Å². The van der Waals surface area contributed by atoms with Crippen LogP contribution in [0.2, 0.25) is 0 Å². The second kappa shape index (κ2) is 7.68. The summed E-state index contributed by atoms with van der Waals surface area (Å²) in [5, 5.41) is 2.90. The Morgan fingerprint density at radius 1 is 1.04 bits per heavy atom. The molecule has 26 heavy (non-hydrogen) atoms. The monoisotopic (exact) mass is 351 g/mol. The average molecular weight is 351 g/mol. The van der Waals surface area contributed by atoms with Crippen LogP contribution >= 0.6 is 0 Å². The summed E-state index contributed by atoms with van der Waals surface area (Å²) in [6.45, 7) is 7.86. The van der Waals surface area contributed by atoms with E-state index in [-0.39, 0.29) is 11.8 Å². The molecule has 1 aromatic carbocycles. The van der Waals surface area contributed by atoms with Crippen LogP contribution in [0, 0.1) is 18.8 Å². The highest BCUT2D eigenvalue weighted by molar-refractivity contribution is 6.05. The zero-order valence-electron chi connectivity index (χ0n) is 15.5. The molecule has 0 radical (unpaired) electrons. The number of likely N-dealkylation sites (tertiary alicyclic amines) is 1. The predicted octanol–water partition coefficient (Wildman–Crippen LogP) is 3.76. The lowest BCUT2D eigenvalue weighted by Crippen LogP contribution is -2.42. The van der Waals surface area contributed by atoms with Gasteiger partial charge in [0.2, 0.25) is 0 Å². The summed E-state index contributed by atoms with van der Waals surface area (Å²) >= 11 is 0. The third-order valence-corrected chi connectivity index (χ3v) is 4.83. The summed E-state index contributed by atoms with van der Waals surface area (Å²) in [6, 6.07) is 8.82. The molecule has 1 saturated heterocycles. The molecule has 136 valence electrons. The van der Waals surface area contributed by atoms with Gasteiger partial charge < -0.3 is 10.2 Å². The number of anilines is 1. The molecule has 2 amide bonds. The summed E-state index contributed by atoms with van der Waals surface area (Å²) in [5.74, 6) is 0.848. The van der Waals surface area contributed by atoms with Crippen molar-refractivity contribution in [2.45, 2.75) is 27.2 Å². The predicted molar refractivity (Wildman–Crippen MR) is 102 cm³/mol. The number of benzene rings is 1. The molecule has 5 nitrogen and oxygen atoms in total. The number of hydrogen-bond donors (Lipinski definition) is 1. The SMILES string of the molecule is Cc1ccc(C(=O)N2C[C@H](C)C[C@H](C)C2)cc1NC(=O)c1ccncc1. The molecule has 0 bridgehead atoms. The van der Waals surface area contributed by atoms with Crippen LogP contribution in [0.4, 0.5) is 5.69 Å². The van der Waals surface area contributed by atoms with E-state index < -0.39 is 0 Å². The molecule has 1 N–H and O–H groups in total. The highest BCUT2D eigenvalue weighted by Gasteiger charge is 2.26. The standard InChI is InChI=1S/C21H25N3O2/c1-14-10-15(2)13-24(12-14)21(26)18-5-4-16(3)19(11-18)23-20(25)17-6-8-22-9-7-17/h4-9,11,14-15H,10,12-13H2,1-3H3,(H,23,25)/t14-,15+. The Labute approximate surface area is 154 Å². The van der Waals surface area contributed by atoms with Gasteiger partial charge in [0.15, 0.2) is 0 Å². The maximum Gasteiger partial charge on any atom is 0.255 e. The van der Waals surface area contributed by atoms with Crippen molar-refractivity contribution >= 4 is 17.5 Å². The number of rotatable bonds is 3. The van der Waals surface area contributed by atoms with Gasteiger partial charge in [0.25, 0.3) is 11.8 Å².